The first-order valence-electron chi connectivity index (χ1n) is 11.4. The lowest BCUT2D eigenvalue weighted by Crippen LogP contribution is -2.65. The summed E-state index contributed by atoms with van der Waals surface area (Å²) in [7, 11) is 1.52. The number of fused-ring (bicyclic) bond motifs is 1. The van der Waals surface area contributed by atoms with Gasteiger partial charge in [0.25, 0.3) is 5.91 Å². The normalized spacial score (nSPS) is 30.0. The van der Waals surface area contributed by atoms with Gasteiger partial charge in [-0.25, -0.2) is 4.79 Å². The second-order valence-electron chi connectivity index (χ2n) is 9.81. The molecule has 5 atom stereocenters. The average molecular weight is 436 g/mol. The molecular weight excluding hydrogens is 402 g/mol. The number of hydrogen-bond acceptors (Lipinski definition) is 4. The fourth-order valence-electron chi connectivity index (χ4n) is 5.29. The molecular formula is C26H33N3O3. The van der Waals surface area contributed by atoms with Crippen molar-refractivity contribution < 1.29 is 14.2 Å². The molecule has 5 unspecified atom stereocenters. The zero-order valence-corrected chi connectivity index (χ0v) is 19.6. The Morgan fingerprint density at radius 1 is 1.06 bits per heavy atom. The van der Waals surface area contributed by atoms with E-state index >= 15 is 0 Å². The van der Waals surface area contributed by atoms with Crippen LogP contribution in [0.3, 0.4) is 0 Å². The van der Waals surface area contributed by atoms with Crippen molar-refractivity contribution in [3.8, 4) is 0 Å². The number of likely N-dealkylation sites (N-methyl/N-ethyl adjacent to an activating group) is 1. The average Bonchev–Trinajstić information content (AvgIpc) is 2.75. The highest BCUT2D eigenvalue weighted by molar-refractivity contribution is 6.04. The van der Waals surface area contributed by atoms with E-state index in [4.69, 9.17) is 0 Å². The number of aryl methyl sites for hydroxylation is 3. The number of nitrogens with zero attached hydrogens (tertiary/aromatic N) is 1. The van der Waals surface area contributed by atoms with Crippen molar-refractivity contribution in [2.24, 2.45) is 5.92 Å². The number of likely N-dealkylation sites (tertiary alicyclic amines) is 1. The number of benzene rings is 2. The molecule has 32 heavy (non-hydrogen) atoms. The minimum Gasteiger partial charge on any atom is -0.625 e. The van der Waals surface area contributed by atoms with Gasteiger partial charge >= 0.3 is 5.91 Å². The number of rotatable bonds is 3. The van der Waals surface area contributed by atoms with Crippen molar-refractivity contribution in [3.05, 3.63) is 69.4 Å². The SMILES string of the molecule is Cc1ccc(C(=O)Nc2ccc(C)c(C3CC4CNC(C)CC4[N+](C)([O-])C3=O)c2)cc1C. The second kappa shape index (κ2) is 8.43. The standard InChI is InChI=1S/C26H33N3O3/c1-15-6-8-19(10-17(15)3)25(30)28-21-9-7-16(2)22(13-21)23-12-20-14-27-18(4)11-24(20)29(5,32)26(23)31/h6-10,13,18,20,23-24,27H,11-12,14H2,1-5H3,(H,28,30). The van der Waals surface area contributed by atoms with E-state index in [1.54, 1.807) is 0 Å². The number of amides is 2. The summed E-state index contributed by atoms with van der Waals surface area (Å²) in [6.45, 7) is 8.78. The molecule has 4 rings (SSSR count). The zero-order chi connectivity index (χ0) is 23.2. The molecule has 2 fully saturated rings. The molecule has 2 aliphatic rings. The molecule has 0 spiro atoms. The van der Waals surface area contributed by atoms with E-state index < -0.39 is 10.6 Å². The predicted molar refractivity (Wildman–Crippen MR) is 126 cm³/mol. The Balaban J connectivity index is 1.60. The summed E-state index contributed by atoms with van der Waals surface area (Å²) in [6.07, 6.45) is 1.38. The van der Waals surface area contributed by atoms with E-state index in [1.807, 2.05) is 57.2 Å². The second-order valence-corrected chi connectivity index (χ2v) is 9.81. The number of carbonyl (C=O) groups excluding carboxylic acids is 2. The van der Waals surface area contributed by atoms with Gasteiger partial charge in [-0.05, 0) is 80.6 Å². The van der Waals surface area contributed by atoms with Crippen LogP contribution < -0.4 is 10.6 Å². The lowest BCUT2D eigenvalue weighted by molar-refractivity contribution is -0.822. The molecule has 2 N–H and O–H groups in total. The van der Waals surface area contributed by atoms with Crippen LogP contribution in [-0.4, -0.2) is 42.1 Å². The third-order valence-corrected chi connectivity index (χ3v) is 7.46. The Morgan fingerprint density at radius 3 is 2.50 bits per heavy atom. The van der Waals surface area contributed by atoms with Gasteiger partial charge in [0, 0.05) is 36.2 Å². The van der Waals surface area contributed by atoms with Crippen LogP contribution in [-0.2, 0) is 4.79 Å². The maximum atomic E-state index is 13.5. The molecule has 2 aliphatic heterocycles. The van der Waals surface area contributed by atoms with Gasteiger partial charge in [-0.3, -0.25) is 9.44 Å². The number of piperidine rings is 2. The Bertz CT molecular complexity index is 1060. The first-order valence-corrected chi connectivity index (χ1v) is 11.4. The van der Waals surface area contributed by atoms with Gasteiger partial charge in [0.2, 0.25) is 0 Å². The van der Waals surface area contributed by atoms with Gasteiger partial charge in [-0.2, -0.15) is 0 Å². The number of carbonyl (C=O) groups is 2. The molecule has 2 aromatic carbocycles. The highest BCUT2D eigenvalue weighted by atomic mass is 16.6. The van der Waals surface area contributed by atoms with Crippen LogP contribution >= 0.6 is 0 Å². The maximum Gasteiger partial charge on any atom is 0.321 e. The molecule has 0 bridgehead atoms. The third kappa shape index (κ3) is 4.10. The van der Waals surface area contributed by atoms with Gasteiger partial charge in [-0.15, -0.1) is 0 Å². The Morgan fingerprint density at radius 2 is 1.78 bits per heavy atom. The van der Waals surface area contributed by atoms with Crippen LogP contribution in [0.15, 0.2) is 36.4 Å². The molecule has 6 heteroatoms. The molecule has 170 valence electrons. The highest BCUT2D eigenvalue weighted by Gasteiger charge is 2.50. The first kappa shape index (κ1) is 22.6. The molecule has 2 saturated heterocycles. The van der Waals surface area contributed by atoms with Crippen LogP contribution in [0.5, 0.6) is 0 Å². The van der Waals surface area contributed by atoms with Crippen molar-refractivity contribution >= 4 is 17.5 Å². The van der Waals surface area contributed by atoms with E-state index in [0.29, 0.717) is 24.1 Å². The smallest absolute Gasteiger partial charge is 0.321 e. The Hall–Kier alpha value is -2.54. The van der Waals surface area contributed by atoms with Crippen LogP contribution in [0.25, 0.3) is 0 Å². The lowest BCUT2D eigenvalue weighted by Gasteiger charge is -2.54. The summed E-state index contributed by atoms with van der Waals surface area (Å²) in [5.74, 6) is -0.772. The molecule has 6 nitrogen and oxygen atoms in total. The van der Waals surface area contributed by atoms with Crippen LogP contribution in [0.2, 0.25) is 0 Å². The highest BCUT2D eigenvalue weighted by Crippen LogP contribution is 2.42. The van der Waals surface area contributed by atoms with E-state index in [9.17, 15) is 14.8 Å². The van der Waals surface area contributed by atoms with Gasteiger partial charge in [0.05, 0.1) is 7.05 Å². The summed E-state index contributed by atoms with van der Waals surface area (Å²) in [5, 5.41) is 19.9. The fourth-order valence-corrected chi connectivity index (χ4v) is 5.29. The Labute approximate surface area is 190 Å². The van der Waals surface area contributed by atoms with Gasteiger partial charge in [0.1, 0.15) is 12.0 Å². The fraction of sp³-hybridized carbons (Fsp3) is 0.462. The molecule has 0 aliphatic carbocycles. The van der Waals surface area contributed by atoms with Crippen molar-refractivity contribution in [2.45, 2.75) is 58.5 Å². The zero-order valence-electron chi connectivity index (χ0n) is 19.6. The number of hydroxylamine groups is 3. The number of nitrogens with one attached hydrogen (secondary N) is 2. The molecule has 2 heterocycles. The van der Waals surface area contributed by atoms with Crippen LogP contribution in [0, 0.1) is 31.9 Å². The van der Waals surface area contributed by atoms with E-state index in [-0.39, 0.29) is 29.8 Å². The summed E-state index contributed by atoms with van der Waals surface area (Å²) in [6, 6.07) is 11.3. The van der Waals surface area contributed by atoms with Crippen molar-refractivity contribution in [2.75, 3.05) is 18.9 Å². The quantitative estimate of drug-likeness (QED) is 0.560. The van der Waals surface area contributed by atoms with E-state index in [0.717, 1.165) is 28.8 Å². The largest absolute Gasteiger partial charge is 0.625 e. The van der Waals surface area contributed by atoms with Gasteiger partial charge in [0.15, 0.2) is 0 Å². The number of anilines is 1. The van der Waals surface area contributed by atoms with E-state index in [2.05, 4.69) is 17.6 Å². The summed E-state index contributed by atoms with van der Waals surface area (Å²) in [4.78, 5) is 26.1. The molecule has 2 aromatic rings. The topological polar surface area (TPSA) is 81.3 Å². The number of hydrogen-bond donors (Lipinski definition) is 2. The Kier molecular flexibility index (Phi) is 5.96. The summed E-state index contributed by atoms with van der Waals surface area (Å²) < 4.78 is -0.819. The van der Waals surface area contributed by atoms with Crippen molar-refractivity contribution in [1.82, 2.24) is 5.32 Å². The van der Waals surface area contributed by atoms with Crippen LogP contribution in [0.4, 0.5) is 5.69 Å². The first-order chi connectivity index (χ1) is 15.1. The predicted octanol–water partition coefficient (Wildman–Crippen LogP) is 4.19. The molecule has 0 saturated carbocycles. The minimum atomic E-state index is -0.819. The van der Waals surface area contributed by atoms with Crippen molar-refractivity contribution in [1.29, 1.82) is 0 Å². The number of quaternary nitrogens is 1. The third-order valence-electron chi connectivity index (χ3n) is 7.46. The molecule has 2 amide bonds. The van der Waals surface area contributed by atoms with E-state index in [1.165, 1.54) is 7.05 Å². The maximum absolute atomic E-state index is 13.5. The minimum absolute atomic E-state index is 0.157. The monoisotopic (exact) mass is 435 g/mol. The molecule has 0 radical (unpaired) electrons. The van der Waals surface area contributed by atoms with Gasteiger partial charge in [-0.1, -0.05) is 12.1 Å². The molecule has 0 aromatic heterocycles. The van der Waals surface area contributed by atoms with Crippen molar-refractivity contribution in [3.63, 3.8) is 0 Å². The van der Waals surface area contributed by atoms with Crippen LogP contribution in [0.1, 0.15) is 58.3 Å². The van der Waals surface area contributed by atoms with Gasteiger partial charge < -0.3 is 15.8 Å². The summed E-state index contributed by atoms with van der Waals surface area (Å²) in [5.41, 5.74) is 5.23. The summed E-state index contributed by atoms with van der Waals surface area (Å²) >= 11 is 0. The lowest BCUT2D eigenvalue weighted by atomic mass is 9.74.